The first-order chi connectivity index (χ1) is 9.23. The lowest BCUT2D eigenvalue weighted by atomic mass is 10.1. The molecule has 1 aromatic heterocycles. The maximum absolute atomic E-state index is 12.3. The van der Waals surface area contributed by atoms with Crippen molar-refractivity contribution in [1.29, 1.82) is 0 Å². The molecule has 0 unspecified atom stereocenters. The van der Waals surface area contributed by atoms with Gasteiger partial charge in [-0.1, -0.05) is 0 Å². The molecule has 1 heterocycles. The lowest BCUT2D eigenvalue weighted by Crippen LogP contribution is -2.41. The largest absolute Gasteiger partial charge is 0.480 e. The number of hydrogen-bond acceptors (Lipinski definition) is 5. The molecule has 0 bridgehead atoms. The van der Waals surface area contributed by atoms with Gasteiger partial charge in [0.15, 0.2) is 0 Å². The number of carbonyl (C=O) groups excluding carboxylic acids is 1. The van der Waals surface area contributed by atoms with E-state index in [2.05, 4.69) is 4.98 Å². The van der Waals surface area contributed by atoms with Gasteiger partial charge in [0.1, 0.15) is 12.7 Å². The fourth-order valence-corrected chi connectivity index (χ4v) is 1.63. The second-order valence-corrected chi connectivity index (χ2v) is 4.50. The minimum Gasteiger partial charge on any atom is -0.480 e. The number of rotatable bonds is 5. The van der Waals surface area contributed by atoms with Gasteiger partial charge in [-0.15, -0.1) is 0 Å². The van der Waals surface area contributed by atoms with E-state index < -0.39 is 23.3 Å². The highest BCUT2D eigenvalue weighted by Crippen LogP contribution is 2.17. The van der Waals surface area contributed by atoms with Gasteiger partial charge >= 0.3 is 5.97 Å². The van der Waals surface area contributed by atoms with Crippen molar-refractivity contribution in [2.45, 2.75) is 26.8 Å². The Labute approximate surface area is 115 Å². The number of carbonyl (C=O) groups is 2. The van der Waals surface area contributed by atoms with Gasteiger partial charge in [0.25, 0.3) is 11.6 Å². The summed E-state index contributed by atoms with van der Waals surface area (Å²) in [5.74, 6) is -1.74. The summed E-state index contributed by atoms with van der Waals surface area (Å²) < 4.78 is 0. The van der Waals surface area contributed by atoms with E-state index in [1.807, 2.05) is 0 Å². The predicted molar refractivity (Wildman–Crippen MR) is 69.4 cm³/mol. The fourth-order valence-electron chi connectivity index (χ4n) is 1.63. The van der Waals surface area contributed by atoms with Crippen molar-refractivity contribution >= 4 is 17.6 Å². The van der Waals surface area contributed by atoms with Gasteiger partial charge in [-0.25, -0.2) is 0 Å². The molecule has 0 spiro atoms. The molecule has 1 rings (SSSR count). The average Bonchev–Trinajstić information content (AvgIpc) is 2.34. The zero-order valence-corrected chi connectivity index (χ0v) is 11.4. The monoisotopic (exact) mass is 281 g/mol. The number of hydrogen-bond donors (Lipinski definition) is 1. The highest BCUT2D eigenvalue weighted by Gasteiger charge is 2.24. The SMILES string of the molecule is Cc1ncc([N+](=O)[O-])cc1C(=O)N(CC(=O)O)C(C)C. The van der Waals surface area contributed by atoms with Crippen LogP contribution in [0.3, 0.4) is 0 Å². The molecule has 0 fully saturated rings. The lowest BCUT2D eigenvalue weighted by molar-refractivity contribution is -0.385. The Morgan fingerprint density at radius 1 is 1.50 bits per heavy atom. The average molecular weight is 281 g/mol. The van der Waals surface area contributed by atoms with Crippen molar-refractivity contribution in [3.63, 3.8) is 0 Å². The van der Waals surface area contributed by atoms with Crippen LogP contribution >= 0.6 is 0 Å². The number of nitrogens with zero attached hydrogens (tertiary/aromatic N) is 3. The lowest BCUT2D eigenvalue weighted by Gasteiger charge is -2.25. The summed E-state index contributed by atoms with van der Waals surface area (Å²) in [5, 5.41) is 19.5. The summed E-state index contributed by atoms with van der Waals surface area (Å²) in [7, 11) is 0. The number of amides is 1. The molecular weight excluding hydrogens is 266 g/mol. The van der Waals surface area contributed by atoms with Crippen molar-refractivity contribution < 1.29 is 19.6 Å². The van der Waals surface area contributed by atoms with Crippen LogP contribution in [0.4, 0.5) is 5.69 Å². The molecule has 1 aromatic rings. The Kier molecular flexibility index (Phi) is 4.73. The first-order valence-electron chi connectivity index (χ1n) is 5.87. The minimum absolute atomic E-state index is 0.0363. The number of carboxylic acid groups (broad SMARTS) is 1. The number of aromatic nitrogens is 1. The Morgan fingerprint density at radius 2 is 2.10 bits per heavy atom. The summed E-state index contributed by atoms with van der Waals surface area (Å²) in [6.07, 6.45) is 1.06. The Balaban J connectivity index is 3.20. The van der Waals surface area contributed by atoms with Crippen molar-refractivity contribution in [3.8, 4) is 0 Å². The van der Waals surface area contributed by atoms with Crippen molar-refractivity contribution in [2.75, 3.05) is 6.54 Å². The normalized spacial score (nSPS) is 10.4. The van der Waals surface area contributed by atoms with Gasteiger partial charge in [0.05, 0.1) is 16.2 Å². The smallest absolute Gasteiger partial charge is 0.323 e. The van der Waals surface area contributed by atoms with Gasteiger partial charge in [-0.3, -0.25) is 24.7 Å². The van der Waals surface area contributed by atoms with Crippen LogP contribution < -0.4 is 0 Å². The van der Waals surface area contributed by atoms with E-state index in [-0.39, 0.29) is 17.3 Å². The van der Waals surface area contributed by atoms with Crippen LogP contribution in [0.1, 0.15) is 29.9 Å². The molecule has 0 aliphatic heterocycles. The summed E-state index contributed by atoms with van der Waals surface area (Å²) in [4.78, 5) is 38.1. The first-order valence-corrected chi connectivity index (χ1v) is 5.87. The second-order valence-electron chi connectivity index (χ2n) is 4.50. The van der Waals surface area contributed by atoms with E-state index in [0.717, 1.165) is 17.2 Å². The molecule has 0 saturated carbocycles. The van der Waals surface area contributed by atoms with Crippen LogP contribution in [0.2, 0.25) is 0 Å². The van der Waals surface area contributed by atoms with Gasteiger partial charge in [-0.05, 0) is 20.8 Å². The third-order valence-corrected chi connectivity index (χ3v) is 2.70. The van der Waals surface area contributed by atoms with Crippen LogP contribution in [-0.2, 0) is 4.79 Å². The number of aliphatic carboxylic acids is 1. The van der Waals surface area contributed by atoms with E-state index in [4.69, 9.17) is 5.11 Å². The van der Waals surface area contributed by atoms with E-state index in [9.17, 15) is 19.7 Å². The molecule has 0 aliphatic rings. The molecule has 0 radical (unpaired) electrons. The number of carboxylic acids is 1. The molecule has 0 aliphatic carbocycles. The van der Waals surface area contributed by atoms with Crippen molar-refractivity contribution in [3.05, 3.63) is 33.6 Å². The standard InChI is InChI=1S/C12H15N3O5/c1-7(2)14(6-11(16)17)12(18)10-4-9(15(19)20)5-13-8(10)3/h4-5,7H,6H2,1-3H3,(H,16,17). The van der Waals surface area contributed by atoms with Crippen LogP contribution in [0, 0.1) is 17.0 Å². The molecular formula is C12H15N3O5. The molecule has 0 aromatic carbocycles. The Bertz CT molecular complexity index is 556. The predicted octanol–water partition coefficient (Wildman–Crippen LogP) is 1.23. The minimum atomic E-state index is -1.15. The zero-order chi connectivity index (χ0) is 15.4. The number of nitro groups is 1. The van der Waals surface area contributed by atoms with E-state index >= 15 is 0 Å². The van der Waals surface area contributed by atoms with Gasteiger partial charge in [-0.2, -0.15) is 0 Å². The van der Waals surface area contributed by atoms with Crippen LogP contribution in [0.25, 0.3) is 0 Å². The fraction of sp³-hybridized carbons (Fsp3) is 0.417. The highest BCUT2D eigenvalue weighted by molar-refractivity contribution is 5.97. The van der Waals surface area contributed by atoms with Gasteiger partial charge < -0.3 is 10.0 Å². The van der Waals surface area contributed by atoms with Gasteiger partial charge in [0, 0.05) is 12.1 Å². The van der Waals surface area contributed by atoms with E-state index in [0.29, 0.717) is 5.69 Å². The molecule has 0 atom stereocenters. The third kappa shape index (κ3) is 3.50. The quantitative estimate of drug-likeness (QED) is 0.641. The Morgan fingerprint density at radius 3 is 2.55 bits per heavy atom. The highest BCUT2D eigenvalue weighted by atomic mass is 16.6. The van der Waals surface area contributed by atoms with E-state index in [1.165, 1.54) is 6.92 Å². The summed E-state index contributed by atoms with van der Waals surface area (Å²) in [6, 6.07) is 0.763. The topological polar surface area (TPSA) is 114 Å². The van der Waals surface area contributed by atoms with Crippen molar-refractivity contribution in [2.24, 2.45) is 0 Å². The van der Waals surface area contributed by atoms with Crippen molar-refractivity contribution in [1.82, 2.24) is 9.88 Å². The zero-order valence-electron chi connectivity index (χ0n) is 11.4. The van der Waals surface area contributed by atoms with E-state index in [1.54, 1.807) is 13.8 Å². The van der Waals surface area contributed by atoms with Gasteiger partial charge in [0.2, 0.25) is 0 Å². The van der Waals surface area contributed by atoms with Crippen LogP contribution in [-0.4, -0.2) is 44.4 Å². The molecule has 0 saturated heterocycles. The molecule has 1 amide bonds. The summed E-state index contributed by atoms with van der Waals surface area (Å²) in [6.45, 7) is 4.40. The van der Waals surface area contributed by atoms with Crippen LogP contribution in [0.15, 0.2) is 12.3 Å². The summed E-state index contributed by atoms with van der Waals surface area (Å²) in [5.41, 5.74) is 0.0452. The molecule has 20 heavy (non-hydrogen) atoms. The number of aryl methyl sites for hydroxylation is 1. The summed E-state index contributed by atoms with van der Waals surface area (Å²) >= 11 is 0. The maximum atomic E-state index is 12.3. The second kappa shape index (κ2) is 6.09. The Hall–Kier alpha value is -2.51. The maximum Gasteiger partial charge on any atom is 0.323 e. The van der Waals surface area contributed by atoms with Crippen LogP contribution in [0.5, 0.6) is 0 Å². The number of pyridine rings is 1. The molecule has 8 heteroatoms. The molecule has 108 valence electrons. The molecule has 8 nitrogen and oxygen atoms in total. The molecule has 1 N–H and O–H groups in total. The first kappa shape index (κ1) is 15.5. The third-order valence-electron chi connectivity index (χ3n) is 2.70.